The first-order chi connectivity index (χ1) is 10.1. The Morgan fingerprint density at radius 1 is 1.41 bits per heavy atom. The van der Waals surface area contributed by atoms with E-state index in [2.05, 4.69) is 10.4 Å². The molecule has 1 amide bonds. The number of hydrogen-bond donors (Lipinski definition) is 2. The van der Waals surface area contributed by atoms with Crippen LogP contribution in [0.4, 0.5) is 8.78 Å². The third-order valence-corrected chi connectivity index (χ3v) is 3.72. The van der Waals surface area contributed by atoms with Gasteiger partial charge in [0, 0.05) is 13.1 Å². The summed E-state index contributed by atoms with van der Waals surface area (Å²) in [6.07, 6.45) is -1.63. The van der Waals surface area contributed by atoms with Crippen LogP contribution >= 0.6 is 0 Å². The molecule has 126 valence electrons. The molecule has 1 aromatic rings. The number of carbonyl (C=O) groups excluding carboxylic acids is 1. The summed E-state index contributed by atoms with van der Waals surface area (Å²) < 4.78 is 27.7. The largest absolute Gasteiger partial charge is 0.388 e. The smallest absolute Gasteiger partial charge is 0.280 e. The Morgan fingerprint density at radius 2 is 2.00 bits per heavy atom. The molecule has 0 aromatic carbocycles. The third-order valence-electron chi connectivity index (χ3n) is 3.72. The number of rotatable bonds is 7. The number of nitrogens with one attached hydrogen (secondary N) is 1. The van der Waals surface area contributed by atoms with Crippen LogP contribution in [0, 0.1) is 11.8 Å². The molecule has 0 aliphatic rings. The average Bonchev–Trinajstić information content (AvgIpc) is 2.78. The second kappa shape index (κ2) is 7.17. The van der Waals surface area contributed by atoms with Gasteiger partial charge in [-0.2, -0.15) is 5.10 Å². The molecule has 1 heterocycles. The van der Waals surface area contributed by atoms with Gasteiger partial charge in [0.05, 0.1) is 17.4 Å². The summed E-state index contributed by atoms with van der Waals surface area (Å²) in [5.74, 6) is -0.591. The molecule has 0 saturated heterocycles. The molecule has 2 N–H and O–H groups in total. The zero-order chi connectivity index (χ0) is 17.1. The van der Waals surface area contributed by atoms with Crippen LogP contribution in [0.1, 0.15) is 57.1 Å². The van der Waals surface area contributed by atoms with Gasteiger partial charge in [-0.1, -0.05) is 27.7 Å². The summed E-state index contributed by atoms with van der Waals surface area (Å²) in [4.78, 5) is 12.1. The van der Waals surface area contributed by atoms with Gasteiger partial charge in [-0.25, -0.2) is 8.78 Å². The summed E-state index contributed by atoms with van der Waals surface area (Å²) in [7, 11) is 0. The molecule has 0 fully saturated rings. The van der Waals surface area contributed by atoms with Crippen molar-refractivity contribution >= 4 is 5.91 Å². The molecule has 1 aromatic heterocycles. The lowest BCUT2D eigenvalue weighted by molar-refractivity contribution is 0.0142. The molecule has 0 spiro atoms. The molecule has 0 radical (unpaired) electrons. The van der Waals surface area contributed by atoms with Crippen LogP contribution < -0.4 is 5.32 Å². The third kappa shape index (κ3) is 4.50. The van der Waals surface area contributed by atoms with Gasteiger partial charge < -0.3 is 10.4 Å². The molecule has 7 heteroatoms. The molecular weight excluding hydrogens is 292 g/mol. The summed E-state index contributed by atoms with van der Waals surface area (Å²) in [6, 6.07) is 0. The summed E-state index contributed by atoms with van der Waals surface area (Å²) in [5.41, 5.74) is -1.63. The van der Waals surface area contributed by atoms with Crippen molar-refractivity contribution in [3.8, 4) is 0 Å². The standard InChI is InChI=1S/C15H25F2N3O2/c1-9(2)7-20-12(13(16)17)11(6-19-20)14(21)18-8-15(5,22)10(3)4/h6,9-10,13,22H,7-8H2,1-5H3,(H,18,21). The van der Waals surface area contributed by atoms with Crippen molar-refractivity contribution in [2.75, 3.05) is 6.54 Å². The topological polar surface area (TPSA) is 67.2 Å². The fourth-order valence-electron chi connectivity index (χ4n) is 1.85. The van der Waals surface area contributed by atoms with Gasteiger partial charge >= 0.3 is 0 Å². The lowest BCUT2D eigenvalue weighted by Crippen LogP contribution is -2.44. The molecular formula is C15H25F2N3O2. The Morgan fingerprint density at radius 3 is 2.45 bits per heavy atom. The lowest BCUT2D eigenvalue weighted by Gasteiger charge is -2.27. The van der Waals surface area contributed by atoms with Crippen LogP contribution in [-0.2, 0) is 6.54 Å². The predicted molar refractivity (Wildman–Crippen MR) is 79.8 cm³/mol. The summed E-state index contributed by atoms with van der Waals surface area (Å²) in [6.45, 7) is 9.30. The van der Waals surface area contributed by atoms with Gasteiger partial charge in [-0.3, -0.25) is 9.48 Å². The molecule has 0 aliphatic carbocycles. The number of aromatic nitrogens is 2. The maximum atomic E-state index is 13.2. The van der Waals surface area contributed by atoms with Gasteiger partial charge in [0.1, 0.15) is 5.69 Å². The highest BCUT2D eigenvalue weighted by Crippen LogP contribution is 2.24. The van der Waals surface area contributed by atoms with Crippen LogP contribution in [0.3, 0.4) is 0 Å². The second-order valence-electron chi connectivity index (χ2n) is 6.51. The number of aliphatic hydroxyl groups is 1. The molecule has 1 atom stereocenters. The van der Waals surface area contributed by atoms with E-state index in [1.165, 1.54) is 4.68 Å². The van der Waals surface area contributed by atoms with E-state index < -0.39 is 17.9 Å². The maximum absolute atomic E-state index is 13.2. The highest BCUT2D eigenvalue weighted by molar-refractivity contribution is 5.95. The number of hydrogen-bond acceptors (Lipinski definition) is 3. The van der Waals surface area contributed by atoms with Crippen LogP contribution in [0.2, 0.25) is 0 Å². The van der Waals surface area contributed by atoms with E-state index in [9.17, 15) is 18.7 Å². The van der Waals surface area contributed by atoms with Gasteiger partial charge in [-0.15, -0.1) is 0 Å². The van der Waals surface area contributed by atoms with E-state index in [1.54, 1.807) is 6.92 Å². The summed E-state index contributed by atoms with van der Waals surface area (Å²) in [5, 5.41) is 16.5. The molecule has 0 saturated carbocycles. The first-order valence-electron chi connectivity index (χ1n) is 7.40. The minimum Gasteiger partial charge on any atom is -0.388 e. The normalized spacial score (nSPS) is 14.7. The van der Waals surface area contributed by atoms with Gasteiger partial charge in [0.2, 0.25) is 0 Å². The maximum Gasteiger partial charge on any atom is 0.280 e. The van der Waals surface area contributed by atoms with Crippen LogP contribution in [0.25, 0.3) is 0 Å². The Hall–Kier alpha value is -1.50. The fraction of sp³-hybridized carbons (Fsp3) is 0.733. The molecule has 22 heavy (non-hydrogen) atoms. The minimum absolute atomic E-state index is 0.0124. The van der Waals surface area contributed by atoms with Crippen molar-refractivity contribution in [2.24, 2.45) is 11.8 Å². The Labute approximate surface area is 129 Å². The highest BCUT2D eigenvalue weighted by Gasteiger charge is 2.28. The monoisotopic (exact) mass is 317 g/mol. The average molecular weight is 317 g/mol. The van der Waals surface area contributed by atoms with Crippen LogP contribution in [0.5, 0.6) is 0 Å². The van der Waals surface area contributed by atoms with Crippen LogP contribution in [0.15, 0.2) is 6.20 Å². The van der Waals surface area contributed by atoms with Crippen LogP contribution in [-0.4, -0.2) is 32.9 Å². The summed E-state index contributed by atoms with van der Waals surface area (Å²) >= 11 is 0. The zero-order valence-electron chi connectivity index (χ0n) is 13.7. The number of amides is 1. The van der Waals surface area contributed by atoms with E-state index in [-0.39, 0.29) is 29.6 Å². The number of alkyl halides is 2. The van der Waals surface area contributed by atoms with E-state index in [0.717, 1.165) is 6.20 Å². The van der Waals surface area contributed by atoms with Crippen molar-refractivity contribution in [1.82, 2.24) is 15.1 Å². The highest BCUT2D eigenvalue weighted by atomic mass is 19.3. The van der Waals surface area contributed by atoms with Crippen molar-refractivity contribution < 1.29 is 18.7 Å². The SMILES string of the molecule is CC(C)Cn1ncc(C(=O)NCC(C)(O)C(C)C)c1C(F)F. The van der Waals surface area contributed by atoms with Crippen molar-refractivity contribution in [3.05, 3.63) is 17.5 Å². The molecule has 1 unspecified atom stereocenters. The Balaban J connectivity index is 2.92. The van der Waals surface area contributed by atoms with E-state index in [0.29, 0.717) is 6.54 Å². The van der Waals surface area contributed by atoms with Gasteiger partial charge in [0.25, 0.3) is 12.3 Å². The first kappa shape index (κ1) is 18.5. The van der Waals surface area contributed by atoms with Gasteiger partial charge in [-0.05, 0) is 18.8 Å². The van der Waals surface area contributed by atoms with Gasteiger partial charge in [0.15, 0.2) is 0 Å². The second-order valence-corrected chi connectivity index (χ2v) is 6.51. The predicted octanol–water partition coefficient (Wildman–Crippen LogP) is 2.61. The minimum atomic E-state index is -2.78. The van der Waals surface area contributed by atoms with E-state index in [4.69, 9.17) is 0 Å². The number of halogens is 2. The zero-order valence-corrected chi connectivity index (χ0v) is 13.7. The first-order valence-corrected chi connectivity index (χ1v) is 7.40. The van der Waals surface area contributed by atoms with E-state index in [1.807, 2.05) is 27.7 Å². The van der Waals surface area contributed by atoms with Crippen molar-refractivity contribution in [2.45, 2.75) is 53.2 Å². The van der Waals surface area contributed by atoms with Crippen molar-refractivity contribution in [3.63, 3.8) is 0 Å². The molecule has 0 aliphatic heterocycles. The molecule has 5 nitrogen and oxygen atoms in total. The molecule has 1 rings (SSSR count). The molecule has 0 bridgehead atoms. The number of nitrogens with zero attached hydrogens (tertiary/aromatic N) is 2. The van der Waals surface area contributed by atoms with E-state index >= 15 is 0 Å². The lowest BCUT2D eigenvalue weighted by atomic mass is 9.92. The Kier molecular flexibility index (Phi) is 6.05. The van der Waals surface area contributed by atoms with Crippen molar-refractivity contribution in [1.29, 1.82) is 0 Å². The fourth-order valence-corrected chi connectivity index (χ4v) is 1.85. The Bertz CT molecular complexity index is 511. The quantitative estimate of drug-likeness (QED) is 0.812. The number of carbonyl (C=O) groups is 1.